The number of amides is 1. The molecule has 1 aliphatic heterocycles. The first kappa shape index (κ1) is 13.1. The van der Waals surface area contributed by atoms with Gasteiger partial charge in [0, 0.05) is 19.3 Å². The van der Waals surface area contributed by atoms with Crippen LogP contribution in [-0.4, -0.2) is 31.7 Å². The van der Waals surface area contributed by atoms with Crippen molar-refractivity contribution in [3.8, 4) is 0 Å². The van der Waals surface area contributed by atoms with Crippen molar-refractivity contribution in [3.05, 3.63) is 42.5 Å². The Labute approximate surface area is 118 Å². The summed E-state index contributed by atoms with van der Waals surface area (Å²) in [6.45, 7) is 0.728. The lowest BCUT2D eigenvalue weighted by atomic mass is 10.1. The lowest BCUT2D eigenvalue weighted by molar-refractivity contribution is -0.118. The molecule has 1 saturated heterocycles. The van der Waals surface area contributed by atoms with Crippen molar-refractivity contribution in [1.29, 1.82) is 0 Å². The van der Waals surface area contributed by atoms with Gasteiger partial charge in [-0.15, -0.1) is 0 Å². The Kier molecular flexibility index (Phi) is 3.67. The average molecular weight is 270 g/mol. The molecule has 3 rings (SSSR count). The van der Waals surface area contributed by atoms with Gasteiger partial charge in [-0.3, -0.25) is 4.79 Å². The molecule has 0 saturated carbocycles. The third-order valence-electron chi connectivity index (χ3n) is 3.76. The van der Waals surface area contributed by atoms with Crippen molar-refractivity contribution in [2.75, 3.05) is 19.0 Å². The number of carbonyl (C=O) groups is 1. The molecule has 2 N–H and O–H groups in total. The van der Waals surface area contributed by atoms with Crippen LogP contribution in [0.1, 0.15) is 6.42 Å². The molecule has 104 valence electrons. The predicted octanol–water partition coefficient (Wildman–Crippen LogP) is 2.16. The zero-order valence-corrected chi connectivity index (χ0v) is 11.4. The number of methoxy groups -OCH3 is 1. The standard InChI is InChI=1S/C16H18N2O2/c1-20-14-9-15(17-10-14)16(19)18-13-7-6-11-4-2-3-5-12(11)8-13/h2-8,14-15,17H,9-10H2,1H3,(H,18,19). The summed E-state index contributed by atoms with van der Waals surface area (Å²) in [5, 5.41) is 8.44. The maximum atomic E-state index is 12.2. The smallest absolute Gasteiger partial charge is 0.241 e. The number of carbonyl (C=O) groups excluding carboxylic acids is 1. The van der Waals surface area contributed by atoms with E-state index in [1.165, 1.54) is 5.39 Å². The molecule has 20 heavy (non-hydrogen) atoms. The highest BCUT2D eigenvalue weighted by atomic mass is 16.5. The number of hydrogen-bond donors (Lipinski definition) is 2. The van der Waals surface area contributed by atoms with Gasteiger partial charge in [-0.05, 0) is 29.3 Å². The van der Waals surface area contributed by atoms with Gasteiger partial charge >= 0.3 is 0 Å². The number of ether oxygens (including phenoxy) is 1. The summed E-state index contributed by atoms with van der Waals surface area (Å²) in [5.74, 6) is -0.000156. The molecule has 0 bridgehead atoms. The van der Waals surface area contributed by atoms with E-state index in [1.807, 2.05) is 36.4 Å². The average Bonchev–Trinajstić information content (AvgIpc) is 2.96. The van der Waals surface area contributed by atoms with Crippen LogP contribution in [0.4, 0.5) is 5.69 Å². The maximum Gasteiger partial charge on any atom is 0.241 e. The first-order chi connectivity index (χ1) is 9.76. The second kappa shape index (κ2) is 5.61. The fourth-order valence-corrected chi connectivity index (χ4v) is 2.58. The number of anilines is 1. The van der Waals surface area contributed by atoms with E-state index in [4.69, 9.17) is 4.74 Å². The van der Waals surface area contributed by atoms with Crippen LogP contribution in [0.5, 0.6) is 0 Å². The molecular weight excluding hydrogens is 252 g/mol. The Balaban J connectivity index is 1.71. The molecule has 1 fully saturated rings. The Morgan fingerprint density at radius 1 is 1.25 bits per heavy atom. The Hall–Kier alpha value is -1.91. The summed E-state index contributed by atoms with van der Waals surface area (Å²) < 4.78 is 5.26. The van der Waals surface area contributed by atoms with Crippen LogP contribution in [-0.2, 0) is 9.53 Å². The van der Waals surface area contributed by atoms with Gasteiger partial charge in [0.15, 0.2) is 0 Å². The van der Waals surface area contributed by atoms with E-state index in [1.54, 1.807) is 7.11 Å². The molecule has 0 aliphatic carbocycles. The van der Waals surface area contributed by atoms with Crippen molar-refractivity contribution in [2.24, 2.45) is 0 Å². The summed E-state index contributed by atoms with van der Waals surface area (Å²) in [6, 6.07) is 13.9. The summed E-state index contributed by atoms with van der Waals surface area (Å²) in [4.78, 5) is 12.2. The second-order valence-electron chi connectivity index (χ2n) is 5.11. The quantitative estimate of drug-likeness (QED) is 0.898. The van der Waals surface area contributed by atoms with Crippen LogP contribution in [0.15, 0.2) is 42.5 Å². The highest BCUT2D eigenvalue weighted by Gasteiger charge is 2.29. The van der Waals surface area contributed by atoms with Crippen molar-refractivity contribution in [2.45, 2.75) is 18.6 Å². The van der Waals surface area contributed by atoms with E-state index in [0.29, 0.717) is 0 Å². The SMILES string of the molecule is COC1CNC(C(=O)Nc2ccc3ccccc3c2)C1. The number of fused-ring (bicyclic) bond motifs is 1. The van der Waals surface area contributed by atoms with Crippen LogP contribution in [0.3, 0.4) is 0 Å². The van der Waals surface area contributed by atoms with Gasteiger partial charge in [-0.25, -0.2) is 0 Å². The van der Waals surface area contributed by atoms with Gasteiger partial charge in [-0.2, -0.15) is 0 Å². The Morgan fingerprint density at radius 2 is 2.05 bits per heavy atom. The first-order valence-electron chi connectivity index (χ1n) is 6.82. The van der Waals surface area contributed by atoms with E-state index in [2.05, 4.69) is 16.7 Å². The molecule has 0 aromatic heterocycles. The molecule has 1 amide bonds. The topological polar surface area (TPSA) is 50.4 Å². The Morgan fingerprint density at radius 3 is 2.80 bits per heavy atom. The van der Waals surface area contributed by atoms with E-state index >= 15 is 0 Å². The maximum absolute atomic E-state index is 12.2. The molecule has 1 heterocycles. The van der Waals surface area contributed by atoms with E-state index < -0.39 is 0 Å². The fourth-order valence-electron chi connectivity index (χ4n) is 2.58. The highest BCUT2D eigenvalue weighted by molar-refractivity contribution is 5.97. The lowest BCUT2D eigenvalue weighted by Crippen LogP contribution is -2.35. The van der Waals surface area contributed by atoms with Crippen LogP contribution < -0.4 is 10.6 Å². The number of nitrogens with one attached hydrogen (secondary N) is 2. The molecule has 4 nitrogen and oxygen atoms in total. The van der Waals surface area contributed by atoms with Crippen LogP contribution >= 0.6 is 0 Å². The molecule has 2 aromatic carbocycles. The monoisotopic (exact) mass is 270 g/mol. The molecular formula is C16H18N2O2. The van der Waals surface area contributed by atoms with Gasteiger partial charge in [0.25, 0.3) is 0 Å². The molecule has 2 unspecified atom stereocenters. The third kappa shape index (κ3) is 2.66. The molecule has 2 atom stereocenters. The van der Waals surface area contributed by atoms with E-state index in [-0.39, 0.29) is 18.1 Å². The van der Waals surface area contributed by atoms with Crippen molar-refractivity contribution in [1.82, 2.24) is 5.32 Å². The fraction of sp³-hybridized carbons (Fsp3) is 0.312. The molecule has 1 aliphatic rings. The van der Waals surface area contributed by atoms with Crippen LogP contribution in [0.2, 0.25) is 0 Å². The second-order valence-corrected chi connectivity index (χ2v) is 5.11. The van der Waals surface area contributed by atoms with Gasteiger partial charge in [-0.1, -0.05) is 30.3 Å². The predicted molar refractivity (Wildman–Crippen MR) is 79.8 cm³/mol. The van der Waals surface area contributed by atoms with Crippen LogP contribution in [0, 0.1) is 0 Å². The zero-order valence-electron chi connectivity index (χ0n) is 11.4. The molecule has 0 radical (unpaired) electrons. The van der Waals surface area contributed by atoms with Crippen molar-refractivity contribution >= 4 is 22.4 Å². The molecule has 2 aromatic rings. The molecule has 0 spiro atoms. The van der Waals surface area contributed by atoms with Gasteiger partial charge in [0.05, 0.1) is 12.1 Å². The van der Waals surface area contributed by atoms with Crippen molar-refractivity contribution < 1.29 is 9.53 Å². The lowest BCUT2D eigenvalue weighted by Gasteiger charge is -2.12. The first-order valence-corrected chi connectivity index (χ1v) is 6.82. The summed E-state index contributed by atoms with van der Waals surface area (Å²) in [7, 11) is 1.68. The minimum absolute atomic E-state index is 0.000156. The third-order valence-corrected chi connectivity index (χ3v) is 3.76. The minimum Gasteiger partial charge on any atom is -0.380 e. The van der Waals surface area contributed by atoms with E-state index in [9.17, 15) is 4.79 Å². The minimum atomic E-state index is -0.175. The number of rotatable bonds is 3. The number of benzene rings is 2. The summed E-state index contributed by atoms with van der Waals surface area (Å²) in [5.41, 5.74) is 0.830. The molecule has 4 heteroatoms. The summed E-state index contributed by atoms with van der Waals surface area (Å²) in [6.07, 6.45) is 0.845. The zero-order chi connectivity index (χ0) is 13.9. The Bertz CT molecular complexity index is 627. The largest absolute Gasteiger partial charge is 0.380 e. The van der Waals surface area contributed by atoms with Gasteiger partial charge in [0.2, 0.25) is 5.91 Å². The normalized spacial score (nSPS) is 22.1. The van der Waals surface area contributed by atoms with Crippen LogP contribution in [0.25, 0.3) is 10.8 Å². The number of hydrogen-bond acceptors (Lipinski definition) is 3. The van der Waals surface area contributed by atoms with E-state index in [0.717, 1.165) is 24.0 Å². The summed E-state index contributed by atoms with van der Waals surface area (Å²) >= 11 is 0. The van der Waals surface area contributed by atoms with Gasteiger partial charge < -0.3 is 15.4 Å². The highest BCUT2D eigenvalue weighted by Crippen LogP contribution is 2.19. The van der Waals surface area contributed by atoms with Crippen molar-refractivity contribution in [3.63, 3.8) is 0 Å². The van der Waals surface area contributed by atoms with Gasteiger partial charge in [0.1, 0.15) is 0 Å².